The number of ether oxygens (including phenoxy) is 1. The zero-order valence-electron chi connectivity index (χ0n) is 7.09. The van der Waals surface area contributed by atoms with Gasteiger partial charge in [-0.15, -0.1) is 0 Å². The van der Waals surface area contributed by atoms with Gasteiger partial charge in [-0.1, -0.05) is 0 Å². The van der Waals surface area contributed by atoms with E-state index in [1.807, 2.05) is 0 Å². The molecule has 0 bridgehead atoms. The summed E-state index contributed by atoms with van der Waals surface area (Å²) in [6.45, 7) is 2.09. The Morgan fingerprint density at radius 3 is 2.75 bits per heavy atom. The first kappa shape index (κ1) is 9.44. The number of carboxylic acids is 1. The Kier molecular flexibility index (Phi) is 3.02. The van der Waals surface area contributed by atoms with E-state index in [-0.39, 0.29) is 0 Å². The lowest BCUT2D eigenvalue weighted by molar-refractivity contribution is -0.147. The van der Waals surface area contributed by atoms with E-state index in [4.69, 9.17) is 9.84 Å². The van der Waals surface area contributed by atoms with Crippen LogP contribution >= 0.6 is 0 Å². The minimum Gasteiger partial charge on any atom is -0.480 e. The van der Waals surface area contributed by atoms with Gasteiger partial charge in [0.2, 0.25) is 0 Å². The zero-order chi connectivity index (χ0) is 9.03. The Labute approximate surface area is 71.1 Å². The average molecular weight is 174 g/mol. The summed E-state index contributed by atoms with van der Waals surface area (Å²) in [4.78, 5) is 10.8. The van der Waals surface area contributed by atoms with E-state index >= 15 is 0 Å². The number of rotatable bonds is 5. The van der Waals surface area contributed by atoms with Crippen molar-refractivity contribution in [2.45, 2.75) is 5.54 Å². The van der Waals surface area contributed by atoms with E-state index < -0.39 is 11.5 Å². The lowest BCUT2D eigenvalue weighted by atomic mass is 9.93. The number of hydrogen-bond donors (Lipinski definition) is 3. The monoisotopic (exact) mass is 174 g/mol. The van der Waals surface area contributed by atoms with Crippen LogP contribution in [0.15, 0.2) is 0 Å². The minimum atomic E-state index is -0.794. The molecule has 5 heteroatoms. The van der Waals surface area contributed by atoms with Gasteiger partial charge in [-0.25, -0.2) is 0 Å². The number of hydrogen-bond acceptors (Lipinski definition) is 4. The third kappa shape index (κ3) is 1.74. The topological polar surface area (TPSA) is 70.6 Å². The Bertz CT molecular complexity index is 168. The van der Waals surface area contributed by atoms with Crippen molar-refractivity contribution in [2.24, 2.45) is 0 Å². The molecule has 1 saturated heterocycles. The summed E-state index contributed by atoms with van der Waals surface area (Å²) >= 11 is 0. The highest BCUT2D eigenvalue weighted by atomic mass is 16.5. The largest absolute Gasteiger partial charge is 0.480 e. The van der Waals surface area contributed by atoms with E-state index in [0.717, 1.165) is 0 Å². The van der Waals surface area contributed by atoms with Gasteiger partial charge >= 0.3 is 5.97 Å². The predicted molar refractivity (Wildman–Crippen MR) is 43.1 cm³/mol. The first-order valence-electron chi connectivity index (χ1n) is 3.89. The van der Waals surface area contributed by atoms with Gasteiger partial charge < -0.3 is 15.2 Å². The Balaban J connectivity index is 2.30. The van der Waals surface area contributed by atoms with Crippen LogP contribution in [0.1, 0.15) is 0 Å². The van der Waals surface area contributed by atoms with Crippen LogP contribution < -0.4 is 10.6 Å². The van der Waals surface area contributed by atoms with Gasteiger partial charge in [-0.2, -0.15) is 0 Å². The molecule has 0 aromatic heterocycles. The fourth-order valence-corrected chi connectivity index (χ4v) is 1.12. The second-order valence-electron chi connectivity index (χ2n) is 2.91. The molecule has 70 valence electrons. The summed E-state index contributed by atoms with van der Waals surface area (Å²) in [5.74, 6) is -0.794. The molecule has 0 aromatic rings. The second-order valence-corrected chi connectivity index (χ2v) is 2.91. The van der Waals surface area contributed by atoms with Crippen molar-refractivity contribution in [1.29, 1.82) is 0 Å². The van der Waals surface area contributed by atoms with Crippen molar-refractivity contribution < 1.29 is 14.6 Å². The summed E-state index contributed by atoms with van der Waals surface area (Å²) in [5, 5.41) is 14.7. The SMILES string of the molecule is COCCNC1(C(=O)O)CNC1. The second kappa shape index (κ2) is 3.84. The minimum absolute atomic E-state index is 0.492. The van der Waals surface area contributed by atoms with Gasteiger partial charge in [-0.05, 0) is 0 Å². The standard InChI is InChI=1S/C7H14N2O3/c1-12-3-2-9-7(6(10)11)4-8-5-7/h8-9H,2-5H2,1H3,(H,10,11). The number of carboxylic acid groups (broad SMARTS) is 1. The Morgan fingerprint density at radius 1 is 1.75 bits per heavy atom. The summed E-state index contributed by atoms with van der Waals surface area (Å²) in [7, 11) is 1.59. The lowest BCUT2D eigenvalue weighted by Gasteiger charge is -2.39. The molecule has 1 rings (SSSR count). The molecular weight excluding hydrogens is 160 g/mol. The van der Waals surface area contributed by atoms with Gasteiger partial charge in [0.15, 0.2) is 0 Å². The highest BCUT2D eigenvalue weighted by molar-refractivity contribution is 5.81. The van der Waals surface area contributed by atoms with E-state index in [2.05, 4.69) is 10.6 Å². The van der Waals surface area contributed by atoms with Crippen molar-refractivity contribution in [3.05, 3.63) is 0 Å². The quantitative estimate of drug-likeness (QED) is 0.449. The van der Waals surface area contributed by atoms with Crippen molar-refractivity contribution in [3.8, 4) is 0 Å². The average Bonchev–Trinajstić information content (AvgIpc) is 1.94. The number of aliphatic carboxylic acids is 1. The number of nitrogens with one attached hydrogen (secondary N) is 2. The number of methoxy groups -OCH3 is 1. The van der Waals surface area contributed by atoms with E-state index in [1.54, 1.807) is 7.11 Å². The predicted octanol–water partition coefficient (Wildman–Crippen LogP) is -1.35. The van der Waals surface area contributed by atoms with Crippen molar-refractivity contribution >= 4 is 5.97 Å². The molecule has 1 aliphatic rings. The van der Waals surface area contributed by atoms with Crippen LogP contribution in [0.25, 0.3) is 0 Å². The molecule has 0 aromatic carbocycles. The molecule has 1 aliphatic heterocycles. The van der Waals surface area contributed by atoms with Gasteiger partial charge in [0, 0.05) is 26.7 Å². The summed E-state index contributed by atoms with van der Waals surface area (Å²) < 4.78 is 4.81. The van der Waals surface area contributed by atoms with Gasteiger partial charge in [-0.3, -0.25) is 10.1 Å². The summed E-state index contributed by atoms with van der Waals surface area (Å²) in [6, 6.07) is 0. The van der Waals surface area contributed by atoms with Crippen LogP contribution in [0.5, 0.6) is 0 Å². The molecule has 3 N–H and O–H groups in total. The summed E-state index contributed by atoms with van der Waals surface area (Å²) in [5.41, 5.74) is -0.751. The van der Waals surface area contributed by atoms with Crippen LogP contribution in [-0.4, -0.2) is 50.0 Å². The molecule has 5 nitrogen and oxygen atoms in total. The molecule has 12 heavy (non-hydrogen) atoms. The van der Waals surface area contributed by atoms with Gasteiger partial charge in [0.05, 0.1) is 6.61 Å². The summed E-state index contributed by atoms with van der Waals surface area (Å²) in [6.07, 6.45) is 0. The maximum atomic E-state index is 10.8. The normalized spacial score (nSPS) is 20.1. The highest BCUT2D eigenvalue weighted by Gasteiger charge is 2.43. The first-order chi connectivity index (χ1) is 5.71. The lowest BCUT2D eigenvalue weighted by Crippen LogP contribution is -2.72. The molecule has 1 heterocycles. The molecule has 0 aliphatic carbocycles. The molecule has 0 atom stereocenters. The highest BCUT2D eigenvalue weighted by Crippen LogP contribution is 2.10. The van der Waals surface area contributed by atoms with Crippen LogP contribution in [0.2, 0.25) is 0 Å². The fourth-order valence-electron chi connectivity index (χ4n) is 1.12. The van der Waals surface area contributed by atoms with Crippen molar-refractivity contribution in [2.75, 3.05) is 33.4 Å². The zero-order valence-corrected chi connectivity index (χ0v) is 7.09. The van der Waals surface area contributed by atoms with Crippen LogP contribution in [0.3, 0.4) is 0 Å². The van der Waals surface area contributed by atoms with Crippen LogP contribution in [0.4, 0.5) is 0 Å². The van der Waals surface area contributed by atoms with Crippen molar-refractivity contribution in [3.63, 3.8) is 0 Å². The third-order valence-electron chi connectivity index (χ3n) is 2.03. The Morgan fingerprint density at radius 2 is 2.42 bits per heavy atom. The van der Waals surface area contributed by atoms with Crippen LogP contribution in [0, 0.1) is 0 Å². The molecule has 0 amide bonds. The van der Waals surface area contributed by atoms with Gasteiger partial charge in [0.25, 0.3) is 0 Å². The van der Waals surface area contributed by atoms with Gasteiger partial charge in [0.1, 0.15) is 5.54 Å². The van der Waals surface area contributed by atoms with E-state index in [1.165, 1.54) is 0 Å². The first-order valence-corrected chi connectivity index (χ1v) is 3.89. The maximum absolute atomic E-state index is 10.8. The third-order valence-corrected chi connectivity index (χ3v) is 2.03. The van der Waals surface area contributed by atoms with E-state index in [9.17, 15) is 4.79 Å². The smallest absolute Gasteiger partial charge is 0.326 e. The molecule has 0 saturated carbocycles. The molecule has 0 unspecified atom stereocenters. The Hall–Kier alpha value is -0.650. The van der Waals surface area contributed by atoms with E-state index in [0.29, 0.717) is 26.2 Å². The molecule has 0 spiro atoms. The van der Waals surface area contributed by atoms with Crippen LogP contribution in [-0.2, 0) is 9.53 Å². The molecular formula is C7H14N2O3. The molecule has 0 radical (unpaired) electrons. The van der Waals surface area contributed by atoms with Crippen molar-refractivity contribution in [1.82, 2.24) is 10.6 Å². The molecule has 1 fully saturated rings. The fraction of sp³-hybridized carbons (Fsp3) is 0.857. The maximum Gasteiger partial charge on any atom is 0.326 e. The number of carbonyl (C=O) groups is 1.